The van der Waals surface area contributed by atoms with Crippen molar-refractivity contribution in [2.45, 2.75) is 6.29 Å². The molecule has 0 saturated carbocycles. The molecule has 1 aromatic rings. The van der Waals surface area contributed by atoms with Crippen LogP contribution in [0.25, 0.3) is 6.08 Å². The maximum Gasteiger partial charge on any atom is 0.586 e. The highest BCUT2D eigenvalue weighted by molar-refractivity contribution is 5.56. The Labute approximate surface area is 88.0 Å². The van der Waals surface area contributed by atoms with Gasteiger partial charge in [-0.15, -0.1) is 8.78 Å². The van der Waals surface area contributed by atoms with E-state index in [1.165, 1.54) is 24.3 Å². The van der Waals surface area contributed by atoms with Crippen molar-refractivity contribution in [3.63, 3.8) is 0 Å². The van der Waals surface area contributed by atoms with Crippen LogP contribution in [-0.2, 0) is 0 Å². The highest BCUT2D eigenvalue weighted by Gasteiger charge is 2.43. The standard InChI is InChI=1S/C9H5F2NO4/c10-9(11)15-7-2-1-6(3-4-12(13)14)5-8(7)16-9/h1-5H. The second kappa shape index (κ2) is 3.44. The van der Waals surface area contributed by atoms with E-state index in [4.69, 9.17) is 0 Å². The Balaban J connectivity index is 2.26. The first-order valence-electron chi connectivity index (χ1n) is 4.18. The summed E-state index contributed by atoms with van der Waals surface area (Å²) in [5.74, 6) is -0.237. The average molecular weight is 229 g/mol. The van der Waals surface area contributed by atoms with Gasteiger partial charge in [0.15, 0.2) is 11.5 Å². The second-order valence-corrected chi connectivity index (χ2v) is 2.97. The molecule has 0 N–H and O–H groups in total. The summed E-state index contributed by atoms with van der Waals surface area (Å²) in [5, 5.41) is 10.1. The number of nitrogens with zero attached hydrogens (tertiary/aromatic N) is 1. The number of benzene rings is 1. The Hall–Kier alpha value is -2.18. The predicted molar refractivity (Wildman–Crippen MR) is 48.7 cm³/mol. The normalized spacial score (nSPS) is 16.6. The van der Waals surface area contributed by atoms with Crippen molar-refractivity contribution in [1.29, 1.82) is 0 Å². The molecule has 1 aromatic carbocycles. The first-order chi connectivity index (χ1) is 7.46. The summed E-state index contributed by atoms with van der Waals surface area (Å²) in [5.41, 5.74) is 0.372. The van der Waals surface area contributed by atoms with E-state index in [1.807, 2.05) is 0 Å². The van der Waals surface area contributed by atoms with Crippen LogP contribution in [-0.4, -0.2) is 11.2 Å². The van der Waals surface area contributed by atoms with E-state index in [2.05, 4.69) is 9.47 Å². The van der Waals surface area contributed by atoms with Gasteiger partial charge in [0, 0.05) is 6.08 Å². The average Bonchev–Trinajstić information content (AvgIpc) is 2.47. The lowest BCUT2D eigenvalue weighted by Crippen LogP contribution is -2.25. The molecule has 0 aliphatic carbocycles. The van der Waals surface area contributed by atoms with E-state index in [0.29, 0.717) is 11.8 Å². The van der Waals surface area contributed by atoms with Crippen LogP contribution in [0, 0.1) is 10.1 Å². The molecule has 1 aliphatic heterocycles. The van der Waals surface area contributed by atoms with Crippen LogP contribution in [0.1, 0.15) is 5.56 Å². The number of rotatable bonds is 2. The third-order valence-electron chi connectivity index (χ3n) is 1.81. The van der Waals surface area contributed by atoms with Gasteiger partial charge in [-0.1, -0.05) is 6.07 Å². The van der Waals surface area contributed by atoms with Gasteiger partial charge in [0.2, 0.25) is 6.20 Å². The topological polar surface area (TPSA) is 61.6 Å². The third-order valence-corrected chi connectivity index (χ3v) is 1.81. The van der Waals surface area contributed by atoms with E-state index in [1.54, 1.807) is 0 Å². The molecule has 0 fully saturated rings. The van der Waals surface area contributed by atoms with Crippen molar-refractivity contribution < 1.29 is 23.2 Å². The van der Waals surface area contributed by atoms with Crippen LogP contribution in [0.5, 0.6) is 11.5 Å². The van der Waals surface area contributed by atoms with Crippen LogP contribution in [0.4, 0.5) is 8.78 Å². The van der Waals surface area contributed by atoms with Gasteiger partial charge in [0.05, 0.1) is 4.92 Å². The van der Waals surface area contributed by atoms with E-state index in [9.17, 15) is 18.9 Å². The summed E-state index contributed by atoms with van der Waals surface area (Å²) in [4.78, 5) is 9.40. The van der Waals surface area contributed by atoms with E-state index in [0.717, 1.165) is 0 Å². The summed E-state index contributed by atoms with van der Waals surface area (Å²) in [6, 6.07) is 3.90. The van der Waals surface area contributed by atoms with Gasteiger partial charge in [0.25, 0.3) is 0 Å². The molecular formula is C9H5F2NO4. The zero-order chi connectivity index (χ0) is 11.8. The Kier molecular flexibility index (Phi) is 2.22. The summed E-state index contributed by atoms with van der Waals surface area (Å²) < 4.78 is 33.6. The maximum absolute atomic E-state index is 12.6. The zero-order valence-electron chi connectivity index (χ0n) is 7.72. The largest absolute Gasteiger partial charge is 0.586 e. The van der Waals surface area contributed by atoms with Gasteiger partial charge < -0.3 is 9.47 Å². The van der Waals surface area contributed by atoms with Crippen molar-refractivity contribution in [3.05, 3.63) is 40.1 Å². The van der Waals surface area contributed by atoms with Gasteiger partial charge in [-0.3, -0.25) is 10.1 Å². The fourth-order valence-electron chi connectivity index (χ4n) is 1.22. The van der Waals surface area contributed by atoms with Gasteiger partial charge in [-0.25, -0.2) is 0 Å². The number of nitro groups is 1. The monoisotopic (exact) mass is 229 g/mol. The molecule has 0 amide bonds. The van der Waals surface area contributed by atoms with Crippen molar-refractivity contribution in [1.82, 2.24) is 0 Å². The third kappa shape index (κ3) is 2.08. The molecule has 1 heterocycles. The fourth-order valence-corrected chi connectivity index (χ4v) is 1.22. The molecule has 84 valence electrons. The molecule has 0 radical (unpaired) electrons. The molecule has 0 atom stereocenters. The highest BCUT2D eigenvalue weighted by atomic mass is 19.3. The van der Waals surface area contributed by atoms with Crippen LogP contribution in [0.3, 0.4) is 0 Å². The van der Waals surface area contributed by atoms with Crippen molar-refractivity contribution in [2.75, 3.05) is 0 Å². The van der Waals surface area contributed by atoms with Gasteiger partial charge >= 0.3 is 6.29 Å². The van der Waals surface area contributed by atoms with Crippen LogP contribution in [0.15, 0.2) is 24.4 Å². The number of ether oxygens (including phenoxy) is 2. The summed E-state index contributed by atoms with van der Waals surface area (Å²) >= 11 is 0. The molecular weight excluding hydrogens is 224 g/mol. The lowest BCUT2D eigenvalue weighted by Gasteiger charge is -2.04. The molecule has 0 bridgehead atoms. The van der Waals surface area contributed by atoms with Crippen LogP contribution < -0.4 is 9.47 Å². The lowest BCUT2D eigenvalue weighted by atomic mass is 10.2. The van der Waals surface area contributed by atoms with Gasteiger partial charge in [-0.2, -0.15) is 0 Å². The van der Waals surface area contributed by atoms with Crippen molar-refractivity contribution >= 4 is 6.08 Å². The SMILES string of the molecule is O=[N+]([O-])C=Cc1ccc2c(c1)OC(F)(F)O2. The van der Waals surface area contributed by atoms with E-state index < -0.39 is 11.2 Å². The molecule has 0 aromatic heterocycles. The Bertz CT molecular complexity index is 473. The number of alkyl halides is 2. The van der Waals surface area contributed by atoms with E-state index in [-0.39, 0.29) is 11.5 Å². The lowest BCUT2D eigenvalue weighted by molar-refractivity contribution is -0.400. The highest BCUT2D eigenvalue weighted by Crippen LogP contribution is 2.41. The number of halogens is 2. The minimum atomic E-state index is -3.67. The smallest absolute Gasteiger partial charge is 0.395 e. The minimum absolute atomic E-state index is 0.0942. The fraction of sp³-hybridized carbons (Fsp3) is 0.111. The minimum Gasteiger partial charge on any atom is -0.395 e. The maximum atomic E-state index is 12.6. The predicted octanol–water partition coefficient (Wildman–Crippen LogP) is 2.26. The first kappa shape index (κ1) is 10.3. The molecule has 0 unspecified atom stereocenters. The summed E-state index contributed by atoms with van der Waals surface area (Å²) in [6.07, 6.45) is -1.80. The number of hydrogen-bond acceptors (Lipinski definition) is 4. The summed E-state index contributed by atoms with van der Waals surface area (Å²) in [7, 11) is 0. The van der Waals surface area contributed by atoms with Gasteiger partial charge in [0.1, 0.15) is 0 Å². The van der Waals surface area contributed by atoms with Gasteiger partial charge in [-0.05, 0) is 17.7 Å². The molecule has 5 nitrogen and oxygen atoms in total. The Morgan fingerprint density at radius 3 is 2.69 bits per heavy atom. The first-order valence-corrected chi connectivity index (χ1v) is 4.18. The van der Waals surface area contributed by atoms with Crippen LogP contribution in [0.2, 0.25) is 0 Å². The van der Waals surface area contributed by atoms with Crippen molar-refractivity contribution in [3.8, 4) is 11.5 Å². The van der Waals surface area contributed by atoms with Crippen molar-refractivity contribution in [2.24, 2.45) is 0 Å². The summed E-state index contributed by atoms with van der Waals surface area (Å²) in [6.45, 7) is 0. The van der Waals surface area contributed by atoms with Crippen LogP contribution >= 0.6 is 0 Å². The number of hydrogen-bond donors (Lipinski definition) is 0. The Morgan fingerprint density at radius 1 is 1.31 bits per heavy atom. The molecule has 7 heteroatoms. The quantitative estimate of drug-likeness (QED) is 0.576. The second-order valence-electron chi connectivity index (χ2n) is 2.97. The molecule has 0 spiro atoms. The number of fused-ring (bicyclic) bond motifs is 1. The molecule has 16 heavy (non-hydrogen) atoms. The van der Waals surface area contributed by atoms with E-state index >= 15 is 0 Å². The molecule has 2 rings (SSSR count). The zero-order valence-corrected chi connectivity index (χ0v) is 7.72. The molecule has 0 saturated heterocycles. The Morgan fingerprint density at radius 2 is 2.00 bits per heavy atom. The molecule has 1 aliphatic rings.